The highest BCUT2D eigenvalue weighted by Gasteiger charge is 1.94. The maximum absolute atomic E-state index is 10.1. The van der Waals surface area contributed by atoms with E-state index in [4.69, 9.17) is 11.2 Å². The molecule has 0 spiro atoms. The zero-order chi connectivity index (χ0) is 10.2. The van der Waals surface area contributed by atoms with Gasteiger partial charge in [-0.05, 0) is 24.1 Å². The SMILES string of the molecule is C#CCOc1ccc(CCC=O)cc1.Cl. The van der Waals surface area contributed by atoms with Crippen molar-refractivity contribution < 1.29 is 9.53 Å². The Morgan fingerprint density at radius 3 is 2.53 bits per heavy atom. The molecule has 0 heterocycles. The number of carbonyl (C=O) groups is 1. The standard InChI is InChI=1S/C12H12O2.ClH/c1-2-10-14-12-7-5-11(6-8-12)4-3-9-13;/h1,5-9H,3-4,10H2;1H. The van der Waals surface area contributed by atoms with Gasteiger partial charge in [0.15, 0.2) is 0 Å². The van der Waals surface area contributed by atoms with Crippen molar-refractivity contribution in [1.29, 1.82) is 0 Å². The largest absolute Gasteiger partial charge is 0.481 e. The van der Waals surface area contributed by atoms with Crippen LogP contribution in [0.4, 0.5) is 0 Å². The molecule has 0 aliphatic rings. The molecule has 1 aromatic rings. The Hall–Kier alpha value is -1.46. The van der Waals surface area contributed by atoms with Crippen LogP contribution in [-0.2, 0) is 11.2 Å². The van der Waals surface area contributed by atoms with E-state index in [0.29, 0.717) is 6.42 Å². The summed E-state index contributed by atoms with van der Waals surface area (Å²) in [6, 6.07) is 7.60. The summed E-state index contributed by atoms with van der Waals surface area (Å²) in [7, 11) is 0. The lowest BCUT2D eigenvalue weighted by Gasteiger charge is -2.02. The highest BCUT2D eigenvalue weighted by molar-refractivity contribution is 5.85. The number of aldehydes is 1. The molecule has 0 unspecified atom stereocenters. The van der Waals surface area contributed by atoms with Crippen LogP contribution in [-0.4, -0.2) is 12.9 Å². The second kappa shape index (κ2) is 7.90. The van der Waals surface area contributed by atoms with Crippen LogP contribution in [0.3, 0.4) is 0 Å². The van der Waals surface area contributed by atoms with E-state index < -0.39 is 0 Å². The second-order valence-corrected chi connectivity index (χ2v) is 2.84. The van der Waals surface area contributed by atoms with Gasteiger partial charge in [-0.1, -0.05) is 18.1 Å². The van der Waals surface area contributed by atoms with E-state index in [-0.39, 0.29) is 19.0 Å². The van der Waals surface area contributed by atoms with Gasteiger partial charge in [0.1, 0.15) is 18.6 Å². The summed E-state index contributed by atoms with van der Waals surface area (Å²) in [5.74, 6) is 3.16. The molecule has 2 nitrogen and oxygen atoms in total. The smallest absolute Gasteiger partial charge is 0.148 e. The minimum absolute atomic E-state index is 0. The van der Waals surface area contributed by atoms with Crippen molar-refractivity contribution in [3.63, 3.8) is 0 Å². The van der Waals surface area contributed by atoms with Crippen LogP contribution in [0, 0.1) is 12.3 Å². The van der Waals surface area contributed by atoms with E-state index in [1.165, 1.54) is 0 Å². The average Bonchev–Trinajstić information content (AvgIpc) is 2.25. The number of carbonyl (C=O) groups excluding carboxylic acids is 1. The van der Waals surface area contributed by atoms with Crippen LogP contribution >= 0.6 is 12.4 Å². The lowest BCUT2D eigenvalue weighted by molar-refractivity contribution is -0.107. The number of rotatable bonds is 5. The first-order valence-corrected chi connectivity index (χ1v) is 4.45. The third kappa shape index (κ3) is 5.09. The predicted molar refractivity (Wildman–Crippen MR) is 62.4 cm³/mol. The fraction of sp³-hybridized carbons (Fsp3) is 0.250. The molecule has 15 heavy (non-hydrogen) atoms. The Kier molecular flexibility index (Phi) is 7.13. The number of ether oxygens (including phenoxy) is 1. The first kappa shape index (κ1) is 13.5. The summed E-state index contributed by atoms with van der Waals surface area (Å²) >= 11 is 0. The summed E-state index contributed by atoms with van der Waals surface area (Å²) in [5.41, 5.74) is 1.13. The van der Waals surface area contributed by atoms with E-state index >= 15 is 0 Å². The first-order valence-electron chi connectivity index (χ1n) is 4.45. The Morgan fingerprint density at radius 1 is 1.33 bits per heavy atom. The fourth-order valence-corrected chi connectivity index (χ4v) is 1.10. The number of aryl methyl sites for hydroxylation is 1. The van der Waals surface area contributed by atoms with Crippen molar-refractivity contribution >= 4 is 18.7 Å². The van der Waals surface area contributed by atoms with Gasteiger partial charge in [-0.3, -0.25) is 0 Å². The van der Waals surface area contributed by atoms with E-state index in [1.807, 2.05) is 24.3 Å². The van der Waals surface area contributed by atoms with Crippen molar-refractivity contribution in [3.8, 4) is 18.1 Å². The minimum Gasteiger partial charge on any atom is -0.481 e. The fourth-order valence-electron chi connectivity index (χ4n) is 1.10. The Labute approximate surface area is 96.0 Å². The third-order valence-corrected chi connectivity index (χ3v) is 1.80. The molecule has 0 saturated carbocycles. The highest BCUT2D eigenvalue weighted by Crippen LogP contribution is 2.12. The molecule has 1 rings (SSSR count). The molecule has 1 aromatic carbocycles. The van der Waals surface area contributed by atoms with Crippen molar-refractivity contribution in [2.24, 2.45) is 0 Å². The van der Waals surface area contributed by atoms with Gasteiger partial charge in [0.05, 0.1) is 0 Å². The average molecular weight is 225 g/mol. The minimum atomic E-state index is 0. The Balaban J connectivity index is 0.00000196. The molecule has 80 valence electrons. The Bertz CT molecular complexity index is 324. The number of terminal acetylenes is 1. The zero-order valence-electron chi connectivity index (χ0n) is 8.31. The maximum atomic E-state index is 10.1. The van der Waals surface area contributed by atoms with Crippen LogP contribution in [0.25, 0.3) is 0 Å². The number of hydrogen-bond acceptors (Lipinski definition) is 2. The van der Waals surface area contributed by atoms with Gasteiger partial charge < -0.3 is 9.53 Å². The van der Waals surface area contributed by atoms with Gasteiger partial charge in [-0.15, -0.1) is 18.8 Å². The number of benzene rings is 1. The van der Waals surface area contributed by atoms with Crippen LogP contribution < -0.4 is 4.74 Å². The molecule has 0 fully saturated rings. The maximum Gasteiger partial charge on any atom is 0.148 e. The lowest BCUT2D eigenvalue weighted by atomic mass is 10.1. The van der Waals surface area contributed by atoms with Gasteiger partial charge in [-0.2, -0.15) is 0 Å². The van der Waals surface area contributed by atoms with E-state index in [1.54, 1.807) is 0 Å². The molecule has 0 aliphatic carbocycles. The lowest BCUT2D eigenvalue weighted by Crippen LogP contribution is -1.93. The van der Waals surface area contributed by atoms with Gasteiger partial charge in [0.25, 0.3) is 0 Å². The molecular formula is C12H13ClO2. The molecule has 0 aromatic heterocycles. The summed E-state index contributed by atoms with van der Waals surface area (Å²) in [6.07, 6.45) is 7.31. The number of hydrogen-bond donors (Lipinski definition) is 0. The van der Waals surface area contributed by atoms with Gasteiger partial charge in [0, 0.05) is 6.42 Å². The van der Waals surface area contributed by atoms with E-state index in [9.17, 15) is 4.79 Å². The molecule has 0 N–H and O–H groups in total. The third-order valence-electron chi connectivity index (χ3n) is 1.80. The Morgan fingerprint density at radius 2 is 2.00 bits per heavy atom. The summed E-state index contributed by atoms with van der Waals surface area (Å²) in [5, 5.41) is 0. The van der Waals surface area contributed by atoms with Gasteiger partial charge in [-0.25, -0.2) is 0 Å². The molecule has 0 bridgehead atoms. The molecule has 0 atom stereocenters. The van der Waals surface area contributed by atoms with Crippen LogP contribution in [0.1, 0.15) is 12.0 Å². The zero-order valence-corrected chi connectivity index (χ0v) is 9.13. The number of halogens is 1. The monoisotopic (exact) mass is 224 g/mol. The highest BCUT2D eigenvalue weighted by atomic mass is 35.5. The predicted octanol–water partition coefficient (Wildman–Crippen LogP) is 2.25. The molecule has 0 radical (unpaired) electrons. The summed E-state index contributed by atoms with van der Waals surface area (Å²) in [6.45, 7) is 0.285. The second-order valence-electron chi connectivity index (χ2n) is 2.84. The molecule has 0 amide bonds. The molecule has 0 aliphatic heterocycles. The summed E-state index contributed by atoms with van der Waals surface area (Å²) in [4.78, 5) is 10.1. The van der Waals surface area contributed by atoms with Crippen LogP contribution in [0.5, 0.6) is 5.75 Å². The quantitative estimate of drug-likeness (QED) is 0.567. The van der Waals surface area contributed by atoms with Gasteiger partial charge >= 0.3 is 0 Å². The van der Waals surface area contributed by atoms with E-state index in [2.05, 4.69) is 5.92 Å². The van der Waals surface area contributed by atoms with Crippen molar-refractivity contribution in [2.75, 3.05) is 6.61 Å². The van der Waals surface area contributed by atoms with Crippen LogP contribution in [0.15, 0.2) is 24.3 Å². The van der Waals surface area contributed by atoms with Crippen molar-refractivity contribution in [3.05, 3.63) is 29.8 Å². The van der Waals surface area contributed by atoms with Crippen LogP contribution in [0.2, 0.25) is 0 Å². The van der Waals surface area contributed by atoms with Crippen molar-refractivity contribution in [2.45, 2.75) is 12.8 Å². The van der Waals surface area contributed by atoms with Gasteiger partial charge in [0.2, 0.25) is 0 Å². The topological polar surface area (TPSA) is 26.3 Å². The van der Waals surface area contributed by atoms with Crippen molar-refractivity contribution in [1.82, 2.24) is 0 Å². The first-order chi connectivity index (χ1) is 6.86. The molecule has 0 saturated heterocycles. The molecular weight excluding hydrogens is 212 g/mol. The normalized spacial score (nSPS) is 8.47. The van der Waals surface area contributed by atoms with E-state index in [0.717, 1.165) is 24.0 Å². The molecule has 3 heteroatoms. The summed E-state index contributed by atoms with van der Waals surface area (Å²) < 4.78 is 5.21.